The van der Waals surface area contributed by atoms with Crippen LogP contribution in [0.5, 0.6) is 5.75 Å². The zero-order valence-electron chi connectivity index (χ0n) is 12.7. The Morgan fingerprint density at radius 2 is 2.14 bits per heavy atom. The minimum Gasteiger partial charge on any atom is -0.497 e. The number of nitrogens with zero attached hydrogens (tertiary/aromatic N) is 2. The fourth-order valence-electron chi connectivity index (χ4n) is 2.10. The molecule has 2 aromatic rings. The number of imidazole rings is 1. The molecule has 0 spiro atoms. The minimum absolute atomic E-state index is 0.0595. The van der Waals surface area contributed by atoms with Crippen LogP contribution in [-0.2, 0) is 4.74 Å². The van der Waals surface area contributed by atoms with Crippen LogP contribution in [0.25, 0.3) is 5.69 Å². The molecule has 6 heteroatoms. The van der Waals surface area contributed by atoms with Crippen molar-refractivity contribution in [1.29, 1.82) is 0 Å². The van der Waals surface area contributed by atoms with Gasteiger partial charge >= 0.3 is 0 Å². The summed E-state index contributed by atoms with van der Waals surface area (Å²) >= 11 is 0. The topological polar surface area (TPSA) is 48.3 Å². The van der Waals surface area contributed by atoms with Crippen molar-refractivity contribution < 1.29 is 13.9 Å². The van der Waals surface area contributed by atoms with Gasteiger partial charge in [-0.15, -0.1) is 0 Å². The maximum atomic E-state index is 14.1. The van der Waals surface area contributed by atoms with Crippen molar-refractivity contribution in [3.8, 4) is 11.4 Å². The van der Waals surface area contributed by atoms with E-state index in [0.29, 0.717) is 24.0 Å². The second kappa shape index (κ2) is 6.58. The Hall–Kier alpha value is -2.08. The van der Waals surface area contributed by atoms with Gasteiger partial charge in [-0.25, -0.2) is 9.37 Å². The van der Waals surface area contributed by atoms with Gasteiger partial charge in [0.25, 0.3) is 0 Å². The second-order valence-corrected chi connectivity index (χ2v) is 4.89. The Balaban J connectivity index is 2.39. The molecule has 0 aliphatic rings. The summed E-state index contributed by atoms with van der Waals surface area (Å²) < 4.78 is 26.0. The van der Waals surface area contributed by atoms with Gasteiger partial charge in [-0.05, 0) is 26.0 Å². The van der Waals surface area contributed by atoms with E-state index in [1.807, 2.05) is 13.8 Å². The van der Waals surface area contributed by atoms with Crippen molar-refractivity contribution in [3.05, 3.63) is 35.9 Å². The van der Waals surface area contributed by atoms with E-state index in [9.17, 15) is 4.39 Å². The molecule has 0 fully saturated rings. The predicted octanol–water partition coefficient (Wildman–Crippen LogP) is 2.78. The molecule has 0 radical (unpaired) electrons. The van der Waals surface area contributed by atoms with Crippen LogP contribution >= 0.6 is 0 Å². The standard InChI is InChI=1S/C15H20FN3O2/c1-10-8-19(15(17-10)18-11(2)9-20-3)14-7-12(21-4)5-6-13(14)16/h5-8,11H,9H2,1-4H3,(H,17,18). The number of aryl methyl sites for hydroxylation is 1. The van der Waals surface area contributed by atoms with Crippen LogP contribution in [-0.4, -0.2) is 36.4 Å². The van der Waals surface area contributed by atoms with E-state index >= 15 is 0 Å². The van der Waals surface area contributed by atoms with E-state index in [4.69, 9.17) is 9.47 Å². The van der Waals surface area contributed by atoms with Gasteiger partial charge < -0.3 is 14.8 Å². The molecule has 0 aliphatic heterocycles. The van der Waals surface area contributed by atoms with Crippen molar-refractivity contribution in [2.75, 3.05) is 26.1 Å². The highest BCUT2D eigenvalue weighted by Gasteiger charge is 2.14. The van der Waals surface area contributed by atoms with Gasteiger partial charge in [0.05, 0.1) is 25.1 Å². The Labute approximate surface area is 123 Å². The van der Waals surface area contributed by atoms with Gasteiger partial charge in [0, 0.05) is 25.4 Å². The molecule has 0 aliphatic carbocycles. The highest BCUT2D eigenvalue weighted by molar-refractivity contribution is 5.47. The van der Waals surface area contributed by atoms with Gasteiger partial charge in [0.15, 0.2) is 0 Å². The maximum Gasteiger partial charge on any atom is 0.208 e. The van der Waals surface area contributed by atoms with E-state index in [-0.39, 0.29) is 11.9 Å². The van der Waals surface area contributed by atoms with Crippen LogP contribution < -0.4 is 10.1 Å². The van der Waals surface area contributed by atoms with Crippen molar-refractivity contribution in [3.63, 3.8) is 0 Å². The highest BCUT2D eigenvalue weighted by Crippen LogP contribution is 2.24. The SMILES string of the molecule is COCC(C)Nc1nc(C)cn1-c1cc(OC)ccc1F. The third kappa shape index (κ3) is 3.52. The zero-order chi connectivity index (χ0) is 15.4. The molecule has 5 nitrogen and oxygen atoms in total. The van der Waals surface area contributed by atoms with Crippen molar-refractivity contribution >= 4 is 5.95 Å². The minimum atomic E-state index is -0.337. The fraction of sp³-hybridized carbons (Fsp3) is 0.400. The lowest BCUT2D eigenvalue weighted by molar-refractivity contribution is 0.190. The number of ether oxygens (including phenoxy) is 2. The van der Waals surface area contributed by atoms with Gasteiger partial charge in [0.1, 0.15) is 11.6 Å². The molecule has 1 atom stereocenters. The van der Waals surface area contributed by atoms with E-state index in [1.54, 1.807) is 37.1 Å². The summed E-state index contributed by atoms with van der Waals surface area (Å²) in [6, 6.07) is 4.67. The van der Waals surface area contributed by atoms with E-state index in [2.05, 4.69) is 10.3 Å². The Morgan fingerprint density at radius 3 is 2.81 bits per heavy atom. The fourth-order valence-corrected chi connectivity index (χ4v) is 2.10. The number of hydrogen-bond donors (Lipinski definition) is 1. The first-order valence-corrected chi connectivity index (χ1v) is 6.70. The first-order valence-electron chi connectivity index (χ1n) is 6.70. The number of anilines is 1. The molecule has 1 aromatic heterocycles. The number of rotatable bonds is 6. The van der Waals surface area contributed by atoms with Crippen molar-refractivity contribution in [1.82, 2.24) is 9.55 Å². The highest BCUT2D eigenvalue weighted by atomic mass is 19.1. The largest absolute Gasteiger partial charge is 0.497 e. The molecule has 0 saturated carbocycles. The first-order chi connectivity index (χ1) is 10.0. The maximum absolute atomic E-state index is 14.1. The third-order valence-corrected chi connectivity index (χ3v) is 3.03. The van der Waals surface area contributed by atoms with Crippen molar-refractivity contribution in [2.45, 2.75) is 19.9 Å². The first kappa shape index (κ1) is 15.3. The summed E-state index contributed by atoms with van der Waals surface area (Å²) in [5.74, 6) is 0.827. The lowest BCUT2D eigenvalue weighted by atomic mass is 10.3. The number of halogens is 1. The van der Waals surface area contributed by atoms with Crippen LogP contribution in [0.3, 0.4) is 0 Å². The van der Waals surface area contributed by atoms with Crippen LogP contribution in [0.1, 0.15) is 12.6 Å². The van der Waals surface area contributed by atoms with E-state index in [0.717, 1.165) is 5.69 Å². The second-order valence-electron chi connectivity index (χ2n) is 4.89. The lowest BCUT2D eigenvalue weighted by Gasteiger charge is -2.16. The molecule has 0 bridgehead atoms. The summed E-state index contributed by atoms with van der Waals surface area (Å²) in [6.45, 7) is 4.37. The molecule has 2 rings (SSSR count). The smallest absolute Gasteiger partial charge is 0.208 e. The monoisotopic (exact) mass is 293 g/mol. The lowest BCUT2D eigenvalue weighted by Crippen LogP contribution is -2.23. The summed E-state index contributed by atoms with van der Waals surface area (Å²) in [6.07, 6.45) is 1.78. The molecule has 1 unspecified atom stereocenters. The quantitative estimate of drug-likeness (QED) is 0.889. The Morgan fingerprint density at radius 1 is 1.38 bits per heavy atom. The van der Waals surface area contributed by atoms with Crippen LogP contribution in [0.15, 0.2) is 24.4 Å². The zero-order valence-corrected chi connectivity index (χ0v) is 12.7. The van der Waals surface area contributed by atoms with E-state index in [1.165, 1.54) is 6.07 Å². The molecule has 21 heavy (non-hydrogen) atoms. The van der Waals surface area contributed by atoms with Gasteiger partial charge in [-0.1, -0.05) is 0 Å². The summed E-state index contributed by atoms with van der Waals surface area (Å²) in [7, 11) is 3.19. The van der Waals surface area contributed by atoms with Crippen molar-refractivity contribution in [2.24, 2.45) is 0 Å². The number of nitrogens with one attached hydrogen (secondary N) is 1. The molecular formula is C15H20FN3O2. The molecule has 1 heterocycles. The average Bonchev–Trinajstić information content (AvgIpc) is 2.80. The number of hydrogen-bond acceptors (Lipinski definition) is 4. The Bertz CT molecular complexity index is 613. The summed E-state index contributed by atoms with van der Waals surface area (Å²) in [4.78, 5) is 4.39. The molecule has 114 valence electrons. The molecule has 0 saturated heterocycles. The van der Waals surface area contributed by atoms with Gasteiger partial charge in [0.2, 0.25) is 5.95 Å². The normalized spacial score (nSPS) is 12.2. The molecule has 1 N–H and O–H groups in total. The number of aromatic nitrogens is 2. The van der Waals surface area contributed by atoms with Crippen LogP contribution in [0.4, 0.5) is 10.3 Å². The molecular weight excluding hydrogens is 273 g/mol. The summed E-state index contributed by atoms with van der Waals surface area (Å²) in [5, 5.41) is 3.21. The summed E-state index contributed by atoms with van der Waals surface area (Å²) in [5.41, 5.74) is 1.19. The molecule has 0 amide bonds. The average molecular weight is 293 g/mol. The molecule has 1 aromatic carbocycles. The van der Waals surface area contributed by atoms with Gasteiger partial charge in [-0.3, -0.25) is 4.57 Å². The van der Waals surface area contributed by atoms with E-state index < -0.39 is 0 Å². The van der Waals surface area contributed by atoms with Gasteiger partial charge in [-0.2, -0.15) is 0 Å². The predicted molar refractivity (Wildman–Crippen MR) is 79.8 cm³/mol. The Kier molecular flexibility index (Phi) is 4.80. The number of benzene rings is 1. The van der Waals surface area contributed by atoms with Crippen LogP contribution in [0, 0.1) is 12.7 Å². The number of methoxy groups -OCH3 is 2. The van der Waals surface area contributed by atoms with Crippen LogP contribution in [0.2, 0.25) is 0 Å². The third-order valence-electron chi connectivity index (χ3n) is 3.03.